The quantitative estimate of drug-likeness (QED) is 0.762. The molecule has 0 radical (unpaired) electrons. The topological polar surface area (TPSA) is 21.3 Å². The molecule has 82 valence electrons. The predicted octanol–water partition coefficient (Wildman–Crippen LogP) is 2.33. The molecular formula is C13H19NO. The molecule has 1 heterocycles. The molecule has 0 bridgehead atoms. The maximum atomic E-state index is 5.64. The van der Waals surface area contributed by atoms with Crippen molar-refractivity contribution in [1.29, 1.82) is 0 Å². The smallest absolute Gasteiger partial charge is 0.123 e. The van der Waals surface area contributed by atoms with E-state index in [-0.39, 0.29) is 0 Å². The number of hydrogen-bond acceptors (Lipinski definition) is 2. The Bertz CT molecular complexity index is 335. The summed E-state index contributed by atoms with van der Waals surface area (Å²) >= 11 is 0. The molecule has 1 unspecified atom stereocenters. The number of hydrogen-bond donors (Lipinski definition) is 1. The van der Waals surface area contributed by atoms with Crippen molar-refractivity contribution in [1.82, 2.24) is 5.32 Å². The van der Waals surface area contributed by atoms with Gasteiger partial charge < -0.3 is 10.1 Å². The predicted molar refractivity (Wildman–Crippen MR) is 62.6 cm³/mol. The lowest BCUT2D eigenvalue weighted by Gasteiger charge is -2.05. The molecule has 0 fully saturated rings. The molecular weight excluding hydrogens is 186 g/mol. The van der Waals surface area contributed by atoms with Crippen molar-refractivity contribution in [2.75, 3.05) is 20.2 Å². The van der Waals surface area contributed by atoms with Gasteiger partial charge in [-0.1, -0.05) is 19.1 Å². The van der Waals surface area contributed by atoms with E-state index in [1.54, 1.807) is 0 Å². The Morgan fingerprint density at radius 3 is 3.13 bits per heavy atom. The van der Waals surface area contributed by atoms with E-state index in [4.69, 9.17) is 4.74 Å². The monoisotopic (exact) mass is 205 g/mol. The van der Waals surface area contributed by atoms with Gasteiger partial charge in [-0.25, -0.2) is 0 Å². The molecule has 0 amide bonds. The van der Waals surface area contributed by atoms with Gasteiger partial charge in [-0.3, -0.25) is 0 Å². The minimum atomic E-state index is 0.561. The van der Waals surface area contributed by atoms with E-state index in [1.165, 1.54) is 17.5 Å². The highest BCUT2D eigenvalue weighted by molar-refractivity contribution is 5.42. The van der Waals surface area contributed by atoms with Gasteiger partial charge in [0.1, 0.15) is 5.75 Å². The standard InChI is InChI=1S/C13H19NO/c1-10-9-15-13-8-11(4-3-7-14-2)5-6-12(10)13/h5-6,8,10,14H,3-4,7,9H2,1-2H3. The molecule has 0 aliphatic carbocycles. The summed E-state index contributed by atoms with van der Waals surface area (Å²) in [5, 5.41) is 3.17. The first-order valence-corrected chi connectivity index (χ1v) is 5.71. The lowest BCUT2D eigenvalue weighted by Crippen LogP contribution is -2.08. The molecule has 1 atom stereocenters. The number of aryl methyl sites for hydroxylation is 1. The van der Waals surface area contributed by atoms with E-state index < -0.39 is 0 Å². The average Bonchev–Trinajstić information content (AvgIpc) is 2.61. The zero-order chi connectivity index (χ0) is 10.7. The molecule has 2 nitrogen and oxygen atoms in total. The fourth-order valence-electron chi connectivity index (χ4n) is 2.04. The second-order valence-corrected chi connectivity index (χ2v) is 4.29. The summed E-state index contributed by atoms with van der Waals surface area (Å²) in [4.78, 5) is 0. The minimum Gasteiger partial charge on any atom is -0.493 e. The fourth-order valence-corrected chi connectivity index (χ4v) is 2.04. The van der Waals surface area contributed by atoms with Crippen LogP contribution in [0, 0.1) is 0 Å². The van der Waals surface area contributed by atoms with Crippen LogP contribution in [0.4, 0.5) is 0 Å². The third-order valence-electron chi connectivity index (χ3n) is 2.99. The molecule has 15 heavy (non-hydrogen) atoms. The van der Waals surface area contributed by atoms with E-state index in [2.05, 4.69) is 30.4 Å². The van der Waals surface area contributed by atoms with Crippen LogP contribution in [0.5, 0.6) is 5.75 Å². The lowest BCUT2D eigenvalue weighted by atomic mass is 10.0. The van der Waals surface area contributed by atoms with Gasteiger partial charge in [-0.05, 0) is 38.1 Å². The van der Waals surface area contributed by atoms with Gasteiger partial charge in [0, 0.05) is 11.5 Å². The van der Waals surface area contributed by atoms with Crippen molar-refractivity contribution in [3.05, 3.63) is 29.3 Å². The van der Waals surface area contributed by atoms with Crippen LogP contribution in [0.1, 0.15) is 30.4 Å². The molecule has 2 rings (SSSR count). The first-order valence-electron chi connectivity index (χ1n) is 5.71. The third kappa shape index (κ3) is 2.32. The molecule has 0 saturated carbocycles. The van der Waals surface area contributed by atoms with Crippen LogP contribution in [-0.4, -0.2) is 20.2 Å². The Morgan fingerprint density at radius 1 is 1.47 bits per heavy atom. The van der Waals surface area contributed by atoms with Crippen LogP contribution in [0.25, 0.3) is 0 Å². The largest absolute Gasteiger partial charge is 0.493 e. The van der Waals surface area contributed by atoms with Crippen LogP contribution in [0.2, 0.25) is 0 Å². The first-order chi connectivity index (χ1) is 7.31. The maximum Gasteiger partial charge on any atom is 0.123 e. The van der Waals surface area contributed by atoms with Crippen molar-refractivity contribution in [3.8, 4) is 5.75 Å². The number of benzene rings is 1. The van der Waals surface area contributed by atoms with E-state index >= 15 is 0 Å². The van der Waals surface area contributed by atoms with E-state index in [1.807, 2.05) is 7.05 Å². The maximum absolute atomic E-state index is 5.64. The Morgan fingerprint density at radius 2 is 2.33 bits per heavy atom. The van der Waals surface area contributed by atoms with Crippen molar-refractivity contribution in [2.45, 2.75) is 25.7 Å². The number of nitrogens with one attached hydrogen (secondary N) is 1. The summed E-state index contributed by atoms with van der Waals surface area (Å²) in [5.41, 5.74) is 2.76. The fraction of sp³-hybridized carbons (Fsp3) is 0.538. The molecule has 0 saturated heterocycles. The Hall–Kier alpha value is -1.02. The third-order valence-corrected chi connectivity index (χ3v) is 2.99. The van der Waals surface area contributed by atoms with Crippen LogP contribution >= 0.6 is 0 Å². The van der Waals surface area contributed by atoms with Crippen molar-refractivity contribution < 1.29 is 4.74 Å². The molecule has 1 aliphatic heterocycles. The van der Waals surface area contributed by atoms with Gasteiger partial charge in [0.2, 0.25) is 0 Å². The van der Waals surface area contributed by atoms with Crippen LogP contribution < -0.4 is 10.1 Å². The van der Waals surface area contributed by atoms with Crippen LogP contribution in [0.3, 0.4) is 0 Å². The SMILES string of the molecule is CNCCCc1ccc2c(c1)OCC2C. The molecule has 1 aliphatic rings. The summed E-state index contributed by atoms with van der Waals surface area (Å²) in [6.07, 6.45) is 2.32. The van der Waals surface area contributed by atoms with E-state index in [9.17, 15) is 0 Å². The van der Waals surface area contributed by atoms with Crippen molar-refractivity contribution in [2.24, 2.45) is 0 Å². The summed E-state index contributed by atoms with van der Waals surface area (Å²) in [6, 6.07) is 6.66. The first kappa shape index (κ1) is 10.5. The second kappa shape index (κ2) is 4.67. The number of fused-ring (bicyclic) bond motifs is 1. The number of ether oxygens (including phenoxy) is 1. The second-order valence-electron chi connectivity index (χ2n) is 4.29. The van der Waals surface area contributed by atoms with Gasteiger partial charge >= 0.3 is 0 Å². The normalized spacial score (nSPS) is 18.7. The van der Waals surface area contributed by atoms with Crippen molar-refractivity contribution >= 4 is 0 Å². The highest BCUT2D eigenvalue weighted by Crippen LogP contribution is 2.34. The lowest BCUT2D eigenvalue weighted by molar-refractivity contribution is 0.337. The zero-order valence-electron chi connectivity index (χ0n) is 9.55. The average molecular weight is 205 g/mol. The van der Waals surface area contributed by atoms with Crippen LogP contribution in [0.15, 0.2) is 18.2 Å². The van der Waals surface area contributed by atoms with E-state index in [0.29, 0.717) is 5.92 Å². The molecule has 1 aromatic rings. The van der Waals surface area contributed by atoms with Gasteiger partial charge in [-0.2, -0.15) is 0 Å². The minimum absolute atomic E-state index is 0.561. The van der Waals surface area contributed by atoms with Crippen molar-refractivity contribution in [3.63, 3.8) is 0 Å². The molecule has 1 aromatic carbocycles. The Labute approximate surface area is 91.6 Å². The molecule has 0 spiro atoms. The van der Waals surface area contributed by atoms with Crippen LogP contribution in [-0.2, 0) is 6.42 Å². The molecule has 2 heteroatoms. The highest BCUT2D eigenvalue weighted by Gasteiger charge is 2.19. The molecule has 0 aromatic heterocycles. The summed E-state index contributed by atoms with van der Waals surface area (Å²) in [5.74, 6) is 1.66. The summed E-state index contributed by atoms with van der Waals surface area (Å²) in [6.45, 7) is 4.14. The Balaban J connectivity index is 2.03. The van der Waals surface area contributed by atoms with Gasteiger partial charge in [0.25, 0.3) is 0 Å². The Kier molecular flexibility index (Phi) is 3.27. The van der Waals surface area contributed by atoms with Gasteiger partial charge in [0.05, 0.1) is 6.61 Å². The summed E-state index contributed by atoms with van der Waals surface area (Å²) in [7, 11) is 1.99. The molecule has 1 N–H and O–H groups in total. The number of rotatable bonds is 4. The summed E-state index contributed by atoms with van der Waals surface area (Å²) < 4.78 is 5.64. The zero-order valence-corrected chi connectivity index (χ0v) is 9.55. The van der Waals surface area contributed by atoms with E-state index in [0.717, 1.165) is 25.3 Å². The van der Waals surface area contributed by atoms with Gasteiger partial charge in [0.15, 0.2) is 0 Å². The van der Waals surface area contributed by atoms with Gasteiger partial charge in [-0.15, -0.1) is 0 Å². The highest BCUT2D eigenvalue weighted by atomic mass is 16.5.